The highest BCUT2D eigenvalue weighted by Gasteiger charge is 2.13. The minimum Gasteiger partial charge on any atom is -0.328 e. The van der Waals surface area contributed by atoms with Gasteiger partial charge in [-0.3, -0.25) is 0 Å². The van der Waals surface area contributed by atoms with E-state index in [0.717, 1.165) is 0 Å². The van der Waals surface area contributed by atoms with Gasteiger partial charge in [-0.25, -0.2) is 0 Å². The van der Waals surface area contributed by atoms with E-state index in [1.165, 1.54) is 12.8 Å². The molecule has 0 atom stereocenters. The van der Waals surface area contributed by atoms with Gasteiger partial charge in [0.1, 0.15) is 1.41 Å². The fraction of sp³-hybridized carbons (Fsp3) is 1.00. The Morgan fingerprint density at radius 3 is 2.40 bits per heavy atom. The van der Waals surface area contributed by atoms with Crippen LogP contribution in [0.15, 0.2) is 0 Å². The Morgan fingerprint density at radius 1 is 1.80 bits per heavy atom. The molecule has 0 heterocycles. The molecule has 0 aromatic carbocycles. The van der Waals surface area contributed by atoms with Crippen LogP contribution < -0.4 is 5.73 Å². The van der Waals surface area contributed by atoms with Crippen molar-refractivity contribution in [3.05, 3.63) is 0 Å². The molecule has 2 heteroatoms. The van der Waals surface area contributed by atoms with Gasteiger partial charge >= 0.3 is 0 Å². The largest absolute Gasteiger partial charge is 0.328 e. The molecule has 0 aromatic rings. The van der Waals surface area contributed by atoms with E-state index in [0.29, 0.717) is 6.04 Å². The maximum Gasteiger partial charge on any atom is 0.119 e. The van der Waals surface area contributed by atoms with Crippen molar-refractivity contribution in [2.75, 3.05) is 0 Å². The molecular formula is C3H8ClN. The lowest BCUT2D eigenvalue weighted by atomic mass is 10.8. The third-order valence-corrected chi connectivity index (χ3v) is 0.577. The summed E-state index contributed by atoms with van der Waals surface area (Å²) in [6.07, 6.45) is 2.42. The first-order chi connectivity index (χ1) is 2.43. The summed E-state index contributed by atoms with van der Waals surface area (Å²) in [4.78, 5) is 0. The Balaban J connectivity index is 0.000000250. The Morgan fingerprint density at radius 2 is 2.40 bits per heavy atom. The molecule has 0 saturated heterocycles. The average molecular weight is 94.6 g/mol. The second-order valence-electron chi connectivity index (χ2n) is 1.27. The van der Waals surface area contributed by atoms with Gasteiger partial charge in [0.2, 0.25) is 0 Å². The number of hydrogen-bond acceptors (Lipinski definition) is 1. The van der Waals surface area contributed by atoms with Gasteiger partial charge in [0, 0.05) is 6.04 Å². The van der Waals surface area contributed by atoms with Crippen LogP contribution in [0.3, 0.4) is 0 Å². The third-order valence-electron chi connectivity index (χ3n) is 0.577. The molecule has 32 valence electrons. The van der Waals surface area contributed by atoms with E-state index in [1.807, 2.05) is 0 Å². The van der Waals surface area contributed by atoms with E-state index in [9.17, 15) is 0 Å². The minimum atomic E-state index is 0. The van der Waals surface area contributed by atoms with Crippen molar-refractivity contribution in [2.24, 2.45) is 5.73 Å². The fourth-order valence-corrected chi connectivity index (χ4v) is 0.0833. The molecule has 5 heavy (non-hydrogen) atoms. The maximum absolute atomic E-state index is 6.47. The first-order valence-corrected chi connectivity index (χ1v) is 1.61. The molecule has 2 N–H and O–H groups in total. The number of rotatable bonds is 1. The molecule has 1 fully saturated rings. The van der Waals surface area contributed by atoms with E-state index in [4.69, 9.17) is 1.41 Å². The van der Waals surface area contributed by atoms with Crippen LogP contribution in [0.4, 0.5) is 0 Å². The molecule has 1 aliphatic carbocycles. The Kier molecular flexibility index (Phi) is 1.12. The standard InChI is InChI=1S/C3H7N.ClH/c4-3-1-2-3;/h3H,1-2,4H2;1H/i/hD. The lowest BCUT2D eigenvalue weighted by Gasteiger charge is -1.58. The molecular weight excluding hydrogens is 85.5 g/mol. The van der Waals surface area contributed by atoms with Gasteiger partial charge in [-0.05, 0) is 12.8 Å². The molecule has 1 nitrogen and oxygen atoms in total. The van der Waals surface area contributed by atoms with Gasteiger partial charge in [0.15, 0.2) is 0 Å². The van der Waals surface area contributed by atoms with Crippen molar-refractivity contribution < 1.29 is 1.41 Å². The number of halogens is 1. The first kappa shape index (κ1) is 3.44. The summed E-state index contributed by atoms with van der Waals surface area (Å²) in [5.41, 5.74) is 2.39. The quantitative estimate of drug-likeness (QED) is 0.504. The van der Waals surface area contributed by atoms with E-state index >= 15 is 0 Å². The van der Waals surface area contributed by atoms with Crippen LogP contribution in [-0.4, -0.2) is 6.04 Å². The highest BCUT2D eigenvalue weighted by atomic mass is 35.5. The van der Waals surface area contributed by atoms with Crippen molar-refractivity contribution in [3.63, 3.8) is 0 Å². The highest BCUT2D eigenvalue weighted by molar-refractivity contribution is 5.85. The first-order valence-electron chi connectivity index (χ1n) is 2.11. The molecule has 0 unspecified atom stereocenters. The second kappa shape index (κ2) is 1.63. The van der Waals surface area contributed by atoms with E-state index in [2.05, 4.69) is 5.73 Å². The molecule has 1 rings (SSSR count). The van der Waals surface area contributed by atoms with Gasteiger partial charge in [0.05, 0.1) is 0 Å². The van der Waals surface area contributed by atoms with Crippen molar-refractivity contribution in [2.45, 2.75) is 18.9 Å². The zero-order valence-electron chi connectivity index (χ0n) is 3.90. The summed E-state index contributed by atoms with van der Waals surface area (Å²) in [5.74, 6) is 0. The van der Waals surface area contributed by atoms with Crippen LogP contribution in [-0.2, 0) is 0 Å². The molecule has 0 amide bonds. The normalized spacial score (nSPS) is 23.6. The molecule has 0 bridgehead atoms. The average Bonchev–Trinajstić information content (AvgIpc) is 2.12. The molecule has 0 spiro atoms. The predicted molar refractivity (Wildman–Crippen MR) is 24.5 cm³/mol. The van der Waals surface area contributed by atoms with E-state index in [1.54, 1.807) is 0 Å². The van der Waals surface area contributed by atoms with Crippen molar-refractivity contribution in [1.82, 2.24) is 0 Å². The van der Waals surface area contributed by atoms with Crippen LogP contribution in [0.2, 0.25) is 1.41 Å². The van der Waals surface area contributed by atoms with Crippen LogP contribution in [0.5, 0.6) is 0 Å². The summed E-state index contributed by atoms with van der Waals surface area (Å²) in [6.45, 7) is 0. The molecule has 1 saturated carbocycles. The topological polar surface area (TPSA) is 26.0 Å². The summed E-state index contributed by atoms with van der Waals surface area (Å²) in [6, 6.07) is 0.551. The summed E-state index contributed by atoms with van der Waals surface area (Å²) in [7, 11) is 0. The SMILES string of the molecule is Cl.[2H]NC1CC1. The lowest BCUT2D eigenvalue weighted by Crippen LogP contribution is -1.94. The molecule has 1 aliphatic rings. The predicted octanol–water partition coefficient (Wildman–Crippen LogP) is 0.529. The fourth-order valence-electron chi connectivity index (χ4n) is 0.0833. The van der Waals surface area contributed by atoms with E-state index < -0.39 is 0 Å². The zero-order valence-corrected chi connectivity index (χ0v) is 3.72. The van der Waals surface area contributed by atoms with Crippen molar-refractivity contribution in [3.8, 4) is 0 Å². The van der Waals surface area contributed by atoms with Crippen LogP contribution in [0.1, 0.15) is 12.8 Å². The summed E-state index contributed by atoms with van der Waals surface area (Å²) in [5, 5.41) is 0. The van der Waals surface area contributed by atoms with Crippen molar-refractivity contribution >= 4 is 12.4 Å². The Labute approximate surface area is 39.4 Å². The van der Waals surface area contributed by atoms with Crippen LogP contribution in [0.25, 0.3) is 0 Å². The zero-order chi connectivity index (χ0) is 3.70. The van der Waals surface area contributed by atoms with Crippen molar-refractivity contribution in [1.29, 1.82) is 0 Å². The van der Waals surface area contributed by atoms with Gasteiger partial charge in [0.25, 0.3) is 0 Å². The van der Waals surface area contributed by atoms with Crippen LogP contribution in [0, 0.1) is 0 Å². The lowest BCUT2D eigenvalue weighted by molar-refractivity contribution is 1.07. The highest BCUT2D eigenvalue weighted by Crippen LogP contribution is 2.13. The molecule has 0 aromatic heterocycles. The van der Waals surface area contributed by atoms with E-state index in [-0.39, 0.29) is 12.4 Å². The second-order valence-corrected chi connectivity index (χ2v) is 1.27. The van der Waals surface area contributed by atoms with Gasteiger partial charge in [-0.1, -0.05) is 0 Å². The molecule has 0 aliphatic heterocycles. The van der Waals surface area contributed by atoms with Gasteiger partial charge < -0.3 is 5.73 Å². The van der Waals surface area contributed by atoms with Crippen LogP contribution >= 0.6 is 12.4 Å². The monoisotopic (exact) mass is 94.0 g/mol. The third kappa shape index (κ3) is 2.04. The Bertz CT molecular complexity index is 37.8. The maximum atomic E-state index is 6.47. The number of nitrogens with two attached hydrogens (primary N) is 1. The molecule has 0 radical (unpaired) electrons. The minimum absolute atomic E-state index is 0. The van der Waals surface area contributed by atoms with Gasteiger partial charge in [-0.15, -0.1) is 12.4 Å². The number of hydrogen-bond donors (Lipinski definition) is 1. The van der Waals surface area contributed by atoms with Gasteiger partial charge in [-0.2, -0.15) is 0 Å². The summed E-state index contributed by atoms with van der Waals surface area (Å²) < 4.78 is 6.47. The smallest absolute Gasteiger partial charge is 0.119 e. The summed E-state index contributed by atoms with van der Waals surface area (Å²) >= 11 is 0. The Hall–Kier alpha value is 0.250.